The fourth-order valence-electron chi connectivity index (χ4n) is 2.05. The van der Waals surface area contributed by atoms with Crippen molar-refractivity contribution in [3.05, 3.63) is 0 Å². The minimum absolute atomic E-state index is 0.232. The third-order valence-corrected chi connectivity index (χ3v) is 9.38. The highest BCUT2D eigenvalue weighted by atomic mass is 32.3. The Kier molecular flexibility index (Phi) is 7.02. The van der Waals surface area contributed by atoms with E-state index in [1.165, 1.54) is 0 Å². The Morgan fingerprint density at radius 2 is 0.962 bits per heavy atom. The summed E-state index contributed by atoms with van der Waals surface area (Å²) >= 11 is -2.81. The molecule has 26 heavy (non-hydrogen) atoms. The Morgan fingerprint density at radius 1 is 0.692 bits per heavy atom. The average Bonchev–Trinajstić information content (AvgIpc) is 2.63. The second kappa shape index (κ2) is 7.66. The van der Waals surface area contributed by atoms with Crippen molar-refractivity contribution in [2.24, 2.45) is 0 Å². The van der Waals surface area contributed by atoms with Gasteiger partial charge in [-0.3, -0.25) is 8.37 Å². The maximum absolute atomic E-state index is 12.5. The Morgan fingerprint density at radius 3 is 1.15 bits per heavy atom. The summed E-state index contributed by atoms with van der Waals surface area (Å²) < 4.78 is 115. The Bertz CT molecular complexity index is 901. The van der Waals surface area contributed by atoms with Gasteiger partial charge in [-0.25, -0.2) is 21.0 Å². The molecule has 0 aromatic carbocycles. The molecule has 0 radical (unpaired) electrons. The summed E-state index contributed by atoms with van der Waals surface area (Å²) in [5, 5.41) is 0. The van der Waals surface area contributed by atoms with E-state index in [2.05, 4.69) is 8.37 Å². The number of hydrogen-bond donors (Lipinski definition) is 0. The first-order valence-electron chi connectivity index (χ1n) is 6.44. The van der Waals surface area contributed by atoms with Crippen LogP contribution in [-0.4, -0.2) is 95.6 Å². The molecule has 0 saturated carbocycles. The van der Waals surface area contributed by atoms with Gasteiger partial charge in [0.25, 0.3) is 20.2 Å². The van der Waals surface area contributed by atoms with Gasteiger partial charge in [0.1, 0.15) is 0 Å². The van der Waals surface area contributed by atoms with Crippen molar-refractivity contribution in [1.29, 1.82) is 0 Å². The summed E-state index contributed by atoms with van der Waals surface area (Å²) in [6.45, 7) is -1.80. The van der Waals surface area contributed by atoms with Crippen LogP contribution in [0.4, 0.5) is 0 Å². The number of sulfonamides is 2. The van der Waals surface area contributed by atoms with Gasteiger partial charge in [-0.05, 0) is 0 Å². The largest absolute Gasteiger partial charge is 0.269 e. The number of rotatable bonds is 8. The molecule has 13 nitrogen and oxygen atoms in total. The smallest absolute Gasteiger partial charge is 0.264 e. The van der Waals surface area contributed by atoms with Crippen LogP contribution in [-0.2, 0) is 59.8 Å². The third-order valence-electron chi connectivity index (χ3n) is 2.85. The summed E-state index contributed by atoms with van der Waals surface area (Å²) in [5.41, 5.74) is 0. The van der Waals surface area contributed by atoms with E-state index in [1.807, 2.05) is 0 Å². The quantitative estimate of drug-likeness (QED) is 0.321. The van der Waals surface area contributed by atoms with Gasteiger partial charge < -0.3 is 0 Å². The van der Waals surface area contributed by atoms with E-state index < -0.39 is 76.8 Å². The predicted molar refractivity (Wildman–Crippen MR) is 90.7 cm³/mol. The molecule has 156 valence electrons. The van der Waals surface area contributed by atoms with Crippen LogP contribution < -0.4 is 0 Å². The molecule has 1 heterocycles. The highest BCUT2D eigenvalue weighted by Gasteiger charge is 2.55. The molecule has 1 aliphatic heterocycles. The molecular weight excluding hydrogens is 460 g/mol. The summed E-state index contributed by atoms with van der Waals surface area (Å²) in [7, 11) is -16.7. The van der Waals surface area contributed by atoms with Gasteiger partial charge in [-0.15, -0.1) is 0 Å². The monoisotopic (exact) mass is 478 g/mol. The van der Waals surface area contributed by atoms with Gasteiger partial charge in [-0.1, -0.05) is 7.42 Å². The van der Waals surface area contributed by atoms with E-state index in [-0.39, 0.29) is 7.42 Å². The minimum atomic E-state index is -4.30. The Labute approximate surface area is 155 Å². The molecule has 0 bridgehead atoms. The van der Waals surface area contributed by atoms with Crippen LogP contribution in [0.3, 0.4) is 0 Å². The van der Waals surface area contributed by atoms with Crippen LogP contribution in [0.5, 0.6) is 0 Å². The second-order valence-corrected chi connectivity index (χ2v) is 14.1. The fourth-order valence-corrected chi connectivity index (χ4v) is 7.64. The van der Waals surface area contributed by atoms with Crippen molar-refractivity contribution >= 4 is 51.5 Å². The fraction of sp³-hybridized carbons (Fsp3) is 1.00. The first kappa shape index (κ1) is 23.8. The van der Waals surface area contributed by atoms with Crippen molar-refractivity contribution in [2.45, 2.75) is 12.1 Å². The highest BCUT2D eigenvalue weighted by molar-refractivity contribution is 8.06. The van der Waals surface area contributed by atoms with Gasteiger partial charge in [0, 0.05) is 0 Å². The summed E-state index contributed by atoms with van der Waals surface area (Å²) in [5.74, 6) is 0. The Balaban J connectivity index is 3.47. The molecule has 1 saturated heterocycles. The van der Waals surface area contributed by atoms with Crippen molar-refractivity contribution < 1.29 is 46.2 Å². The van der Waals surface area contributed by atoms with Gasteiger partial charge in [-0.2, -0.15) is 16.8 Å². The maximum atomic E-state index is 12.5. The van der Waals surface area contributed by atoms with Crippen LogP contribution in [0.15, 0.2) is 0 Å². The van der Waals surface area contributed by atoms with Crippen LogP contribution >= 0.6 is 0 Å². The van der Waals surface area contributed by atoms with E-state index in [1.54, 1.807) is 0 Å². The van der Waals surface area contributed by atoms with Gasteiger partial charge >= 0.3 is 0 Å². The molecule has 0 spiro atoms. The van der Waals surface area contributed by atoms with Crippen molar-refractivity contribution in [1.82, 2.24) is 7.42 Å². The first-order chi connectivity index (χ1) is 11.3. The Hall–Kier alpha value is -0.210. The first-order valence-corrected chi connectivity index (χ1v) is 14.8. The molecule has 0 aliphatic carbocycles. The van der Waals surface area contributed by atoms with Crippen molar-refractivity contribution in [3.8, 4) is 0 Å². The van der Waals surface area contributed by atoms with Gasteiger partial charge in [0.15, 0.2) is 0 Å². The molecule has 1 rings (SSSR count). The third kappa shape index (κ3) is 6.44. The summed E-state index contributed by atoms with van der Waals surface area (Å²) in [6.07, 6.45) is 2.58. The van der Waals surface area contributed by atoms with E-state index in [0.717, 1.165) is 0 Å². The average molecular weight is 479 g/mol. The highest BCUT2D eigenvalue weighted by Crippen LogP contribution is 2.31. The van der Waals surface area contributed by atoms with E-state index >= 15 is 0 Å². The molecule has 0 amide bonds. The molecular formula is C8H18N2O11S5. The SMILES string of the molecule is CS(=O)(=O)OC[C@@H]1[C@H](COS(C)(=O)=O)N(S(C)(=O)=O)S(=O)N1S(C)(=O)=O. The number of hydrogen-bond acceptors (Lipinski definition) is 11. The lowest BCUT2D eigenvalue weighted by molar-refractivity contribution is 0.183. The predicted octanol–water partition coefficient (Wildman–Crippen LogP) is -3.21. The molecule has 18 heteroatoms. The standard InChI is InChI=1S/C8H18N2O11S5/c1-23(12,13)9-7(5-20-25(3,16)17)8(6-21-26(4,18)19)10(22(9)11)24(2,14)15/h7-8H,5-6H2,1-4H3/t7-,8+,22?. The molecule has 1 unspecified atom stereocenters. The van der Waals surface area contributed by atoms with Crippen LogP contribution in [0.1, 0.15) is 0 Å². The summed E-state index contributed by atoms with van der Waals surface area (Å²) in [4.78, 5) is 0. The molecule has 1 fully saturated rings. The lowest BCUT2D eigenvalue weighted by Gasteiger charge is -2.23. The van der Waals surface area contributed by atoms with Gasteiger partial charge in [0.2, 0.25) is 31.2 Å². The normalized spacial score (nSPS) is 27.0. The topological polar surface area (TPSA) is 179 Å². The van der Waals surface area contributed by atoms with E-state index in [9.17, 15) is 37.9 Å². The zero-order chi connectivity index (χ0) is 20.7. The van der Waals surface area contributed by atoms with Crippen LogP contribution in [0, 0.1) is 0 Å². The zero-order valence-electron chi connectivity index (χ0n) is 14.0. The van der Waals surface area contributed by atoms with E-state index in [4.69, 9.17) is 0 Å². The summed E-state index contributed by atoms with van der Waals surface area (Å²) in [6, 6.07) is -3.23. The van der Waals surface area contributed by atoms with Crippen LogP contribution in [0.25, 0.3) is 0 Å². The molecule has 1 aliphatic rings. The van der Waals surface area contributed by atoms with E-state index in [0.29, 0.717) is 25.0 Å². The molecule has 3 atom stereocenters. The van der Waals surface area contributed by atoms with Crippen molar-refractivity contribution in [2.75, 3.05) is 38.2 Å². The minimum Gasteiger partial charge on any atom is -0.269 e. The lowest BCUT2D eigenvalue weighted by atomic mass is 10.2. The molecule has 0 aromatic rings. The zero-order valence-corrected chi connectivity index (χ0v) is 18.1. The second-order valence-electron chi connectivity index (χ2n) is 5.38. The van der Waals surface area contributed by atoms with Gasteiger partial charge in [0.05, 0.1) is 50.3 Å². The van der Waals surface area contributed by atoms with Crippen LogP contribution in [0.2, 0.25) is 0 Å². The maximum Gasteiger partial charge on any atom is 0.264 e. The molecule has 0 N–H and O–H groups in total. The lowest BCUT2D eigenvalue weighted by Crippen LogP contribution is -2.46. The molecule has 0 aromatic heterocycles. The number of nitrogens with zero attached hydrogens (tertiary/aromatic N) is 2. The van der Waals surface area contributed by atoms with Crippen molar-refractivity contribution in [3.63, 3.8) is 0 Å².